The van der Waals surface area contributed by atoms with E-state index >= 15 is 0 Å². The van der Waals surface area contributed by atoms with Gasteiger partial charge in [-0.3, -0.25) is 0 Å². The van der Waals surface area contributed by atoms with E-state index in [2.05, 4.69) is 5.92 Å². The first-order valence-electron chi connectivity index (χ1n) is 5.19. The summed E-state index contributed by atoms with van der Waals surface area (Å²) in [6.07, 6.45) is 4.01. The van der Waals surface area contributed by atoms with Crippen LogP contribution in [0.5, 0.6) is 0 Å². The van der Waals surface area contributed by atoms with Gasteiger partial charge in [-0.25, -0.2) is 0 Å². The fraction of sp³-hybridized carbons (Fsp3) is 0.818. The first-order chi connectivity index (χ1) is 7.19. The molecule has 0 aromatic heterocycles. The van der Waals surface area contributed by atoms with Crippen molar-refractivity contribution in [1.29, 1.82) is 0 Å². The van der Waals surface area contributed by atoms with E-state index in [0.717, 1.165) is 0 Å². The van der Waals surface area contributed by atoms with Gasteiger partial charge in [0.1, 0.15) is 12.7 Å². The summed E-state index contributed by atoms with van der Waals surface area (Å²) in [6, 6.07) is 0. The molecular formula is C11H18O4. The van der Waals surface area contributed by atoms with Crippen LogP contribution in [0.1, 0.15) is 20.3 Å². The molecule has 4 heteroatoms. The molecule has 0 aliphatic carbocycles. The van der Waals surface area contributed by atoms with E-state index < -0.39 is 6.10 Å². The second-order valence-corrected chi connectivity index (χ2v) is 3.51. The van der Waals surface area contributed by atoms with Crippen molar-refractivity contribution in [3.8, 4) is 12.3 Å². The lowest BCUT2D eigenvalue weighted by Crippen LogP contribution is -2.49. The first-order valence-corrected chi connectivity index (χ1v) is 5.19. The fourth-order valence-electron chi connectivity index (χ4n) is 1.70. The van der Waals surface area contributed by atoms with E-state index in [1.54, 1.807) is 0 Å². The van der Waals surface area contributed by atoms with Gasteiger partial charge in [-0.15, -0.1) is 6.42 Å². The van der Waals surface area contributed by atoms with Crippen molar-refractivity contribution < 1.29 is 19.3 Å². The van der Waals surface area contributed by atoms with E-state index in [0.29, 0.717) is 13.0 Å². The quantitative estimate of drug-likeness (QED) is 0.694. The van der Waals surface area contributed by atoms with Crippen LogP contribution in [0.15, 0.2) is 0 Å². The highest BCUT2D eigenvalue weighted by atomic mass is 16.7. The van der Waals surface area contributed by atoms with Crippen LogP contribution in [-0.2, 0) is 14.2 Å². The molecule has 1 heterocycles. The second kappa shape index (κ2) is 6.09. The smallest absolute Gasteiger partial charge is 0.160 e. The summed E-state index contributed by atoms with van der Waals surface area (Å²) in [7, 11) is 0. The lowest BCUT2D eigenvalue weighted by atomic mass is 10.0. The highest BCUT2D eigenvalue weighted by molar-refractivity contribution is 4.87. The van der Waals surface area contributed by atoms with Gasteiger partial charge in [0.2, 0.25) is 0 Å². The van der Waals surface area contributed by atoms with Crippen molar-refractivity contribution in [3.63, 3.8) is 0 Å². The monoisotopic (exact) mass is 214 g/mol. The number of ether oxygens (including phenoxy) is 3. The molecule has 15 heavy (non-hydrogen) atoms. The Balaban J connectivity index is 2.45. The molecule has 1 rings (SSSR count). The summed E-state index contributed by atoms with van der Waals surface area (Å²) < 4.78 is 16.1. The maximum absolute atomic E-state index is 9.81. The molecule has 0 aromatic rings. The van der Waals surface area contributed by atoms with Gasteiger partial charge in [0, 0.05) is 13.0 Å². The lowest BCUT2D eigenvalue weighted by Gasteiger charge is -2.37. The molecule has 0 saturated carbocycles. The van der Waals surface area contributed by atoms with Crippen LogP contribution >= 0.6 is 0 Å². The molecule has 1 fully saturated rings. The summed E-state index contributed by atoms with van der Waals surface area (Å²) in [5.74, 6) is 2.37. The van der Waals surface area contributed by atoms with Gasteiger partial charge in [0.15, 0.2) is 6.29 Å². The predicted octanol–water partition coefficient (Wildman–Crippen LogP) is 0.537. The molecule has 1 saturated heterocycles. The van der Waals surface area contributed by atoms with Crippen LogP contribution in [0.4, 0.5) is 0 Å². The zero-order valence-electron chi connectivity index (χ0n) is 9.18. The number of hydrogen-bond acceptors (Lipinski definition) is 4. The van der Waals surface area contributed by atoms with Crippen LogP contribution in [0.25, 0.3) is 0 Å². The zero-order chi connectivity index (χ0) is 11.3. The average molecular weight is 214 g/mol. The van der Waals surface area contributed by atoms with E-state index in [1.807, 2.05) is 13.8 Å². The van der Waals surface area contributed by atoms with Crippen molar-refractivity contribution in [2.24, 2.45) is 0 Å². The highest BCUT2D eigenvalue weighted by Gasteiger charge is 2.36. The van der Waals surface area contributed by atoms with Gasteiger partial charge >= 0.3 is 0 Å². The Bertz CT molecular complexity index is 211. The Morgan fingerprint density at radius 2 is 2.27 bits per heavy atom. The molecule has 1 aliphatic heterocycles. The van der Waals surface area contributed by atoms with E-state index in [1.165, 1.54) is 0 Å². The Morgan fingerprint density at radius 3 is 2.80 bits per heavy atom. The van der Waals surface area contributed by atoms with Crippen molar-refractivity contribution in [2.75, 3.05) is 13.2 Å². The molecule has 0 bridgehead atoms. The van der Waals surface area contributed by atoms with Gasteiger partial charge in [0.25, 0.3) is 0 Å². The summed E-state index contributed by atoms with van der Waals surface area (Å²) in [5, 5.41) is 9.81. The third-order valence-corrected chi connectivity index (χ3v) is 2.35. The minimum Gasteiger partial charge on any atom is -0.390 e. The summed E-state index contributed by atoms with van der Waals surface area (Å²) in [4.78, 5) is 0. The topological polar surface area (TPSA) is 47.9 Å². The molecule has 1 aliphatic rings. The molecule has 4 nitrogen and oxygen atoms in total. The van der Waals surface area contributed by atoms with Crippen LogP contribution in [0.3, 0.4) is 0 Å². The SMILES string of the molecule is C#CCO[C@H]1[C@@H](O)C[C@@H](OCC)O[C@@H]1C. The lowest BCUT2D eigenvalue weighted by molar-refractivity contribution is -0.251. The van der Waals surface area contributed by atoms with E-state index in [4.69, 9.17) is 20.6 Å². The van der Waals surface area contributed by atoms with Crippen LogP contribution < -0.4 is 0 Å². The number of hydrogen-bond donors (Lipinski definition) is 1. The third kappa shape index (κ3) is 3.47. The zero-order valence-corrected chi connectivity index (χ0v) is 9.18. The minimum absolute atomic E-state index is 0.189. The van der Waals surface area contributed by atoms with Gasteiger partial charge in [0.05, 0.1) is 12.2 Å². The molecule has 0 amide bonds. The minimum atomic E-state index is -0.585. The molecular weight excluding hydrogens is 196 g/mol. The molecule has 0 radical (unpaired) electrons. The normalized spacial score (nSPS) is 36.1. The molecule has 0 aromatic carbocycles. The number of aliphatic hydroxyl groups excluding tert-OH is 1. The van der Waals surface area contributed by atoms with E-state index in [-0.39, 0.29) is 25.1 Å². The molecule has 1 N–H and O–H groups in total. The Hall–Kier alpha value is -0.600. The molecule has 86 valence electrons. The standard InChI is InChI=1S/C11H18O4/c1-4-6-14-11-8(3)15-10(13-5-2)7-9(11)12/h1,8-12H,5-7H2,2-3H3/t8-,9+,10+,11-/m1/s1. The fourth-order valence-corrected chi connectivity index (χ4v) is 1.70. The van der Waals surface area contributed by atoms with Gasteiger partial charge in [-0.1, -0.05) is 5.92 Å². The third-order valence-electron chi connectivity index (χ3n) is 2.35. The average Bonchev–Trinajstić information content (AvgIpc) is 2.17. The van der Waals surface area contributed by atoms with E-state index in [9.17, 15) is 5.11 Å². The van der Waals surface area contributed by atoms with Crippen molar-refractivity contribution in [3.05, 3.63) is 0 Å². The number of terminal acetylenes is 1. The molecule has 0 spiro atoms. The Morgan fingerprint density at radius 1 is 1.53 bits per heavy atom. The van der Waals surface area contributed by atoms with Gasteiger partial charge in [-0.05, 0) is 13.8 Å². The highest BCUT2D eigenvalue weighted by Crippen LogP contribution is 2.23. The van der Waals surface area contributed by atoms with Gasteiger partial charge < -0.3 is 19.3 Å². The maximum Gasteiger partial charge on any atom is 0.160 e. The van der Waals surface area contributed by atoms with Crippen molar-refractivity contribution in [1.82, 2.24) is 0 Å². The molecule has 0 unspecified atom stereocenters. The van der Waals surface area contributed by atoms with Crippen LogP contribution in [-0.4, -0.2) is 42.9 Å². The van der Waals surface area contributed by atoms with Crippen LogP contribution in [0.2, 0.25) is 0 Å². The summed E-state index contributed by atoms with van der Waals surface area (Å²) >= 11 is 0. The Labute approximate surface area is 90.5 Å². The summed E-state index contributed by atoms with van der Waals surface area (Å²) in [6.45, 7) is 4.49. The van der Waals surface area contributed by atoms with Crippen LogP contribution in [0, 0.1) is 12.3 Å². The van der Waals surface area contributed by atoms with Gasteiger partial charge in [-0.2, -0.15) is 0 Å². The largest absolute Gasteiger partial charge is 0.390 e. The van der Waals surface area contributed by atoms with Crippen molar-refractivity contribution >= 4 is 0 Å². The maximum atomic E-state index is 9.81. The second-order valence-electron chi connectivity index (χ2n) is 3.51. The first kappa shape index (κ1) is 12.5. The predicted molar refractivity (Wildman–Crippen MR) is 55.2 cm³/mol. The number of aliphatic hydroxyl groups is 1. The van der Waals surface area contributed by atoms with Crippen molar-refractivity contribution in [2.45, 2.75) is 44.9 Å². The Kier molecular flexibility index (Phi) is 5.06. The number of rotatable bonds is 4. The summed E-state index contributed by atoms with van der Waals surface area (Å²) in [5.41, 5.74) is 0. The molecule has 4 atom stereocenters.